The van der Waals surface area contributed by atoms with Gasteiger partial charge >= 0.3 is 0 Å². The number of aromatic nitrogens is 3. The molecule has 3 heterocycles. The molecule has 9 heteroatoms. The van der Waals surface area contributed by atoms with Crippen molar-refractivity contribution in [3.8, 4) is 22.4 Å². The lowest BCUT2D eigenvalue weighted by molar-refractivity contribution is 0.102. The third kappa shape index (κ3) is 4.49. The van der Waals surface area contributed by atoms with Gasteiger partial charge in [-0.25, -0.2) is 13.6 Å². The highest BCUT2D eigenvalue weighted by atomic mass is 32.2. The number of halogens is 1. The first-order chi connectivity index (χ1) is 17.2. The van der Waals surface area contributed by atoms with E-state index in [0.717, 1.165) is 16.7 Å². The van der Waals surface area contributed by atoms with Gasteiger partial charge in [-0.15, -0.1) is 0 Å². The summed E-state index contributed by atoms with van der Waals surface area (Å²) in [7, 11) is -2.83. The summed E-state index contributed by atoms with van der Waals surface area (Å²) in [6.07, 6.45) is 5.01. The lowest BCUT2D eigenvalue weighted by Crippen LogP contribution is -2.15. The molecule has 0 fully saturated rings. The van der Waals surface area contributed by atoms with E-state index in [2.05, 4.69) is 21.2 Å². The molecular weight excluding hydrogens is 477 g/mol. The first-order valence-corrected chi connectivity index (χ1v) is 12.8. The monoisotopic (exact) mass is 499 g/mol. The summed E-state index contributed by atoms with van der Waals surface area (Å²) in [6, 6.07) is 18.7. The maximum atomic E-state index is 13.8. The van der Waals surface area contributed by atoms with E-state index in [9.17, 15) is 13.4 Å². The molecule has 1 amide bonds. The van der Waals surface area contributed by atoms with Gasteiger partial charge in [-0.05, 0) is 79.0 Å². The number of amides is 1. The summed E-state index contributed by atoms with van der Waals surface area (Å²) in [5, 5.41) is 8.39. The molecule has 0 radical (unpaired) electrons. The molecule has 3 aromatic heterocycles. The Morgan fingerprint density at radius 2 is 1.81 bits per heavy atom. The molecule has 5 rings (SSSR count). The Kier molecular flexibility index (Phi) is 5.87. The second kappa shape index (κ2) is 9.03. The average molecular weight is 500 g/mol. The van der Waals surface area contributed by atoms with E-state index in [1.165, 1.54) is 12.3 Å². The fourth-order valence-electron chi connectivity index (χ4n) is 3.93. The fraction of sp³-hybridized carbons (Fsp3) is 0.0370. The highest BCUT2D eigenvalue weighted by molar-refractivity contribution is 7.98. The molecule has 0 aliphatic rings. The van der Waals surface area contributed by atoms with Gasteiger partial charge in [-0.1, -0.05) is 6.07 Å². The van der Waals surface area contributed by atoms with Gasteiger partial charge in [0.15, 0.2) is 0 Å². The summed E-state index contributed by atoms with van der Waals surface area (Å²) in [5.74, 6) is 2.82. The van der Waals surface area contributed by atoms with Gasteiger partial charge in [-0.3, -0.25) is 19.3 Å². The molecule has 7 nitrogen and oxygen atoms in total. The first-order valence-electron chi connectivity index (χ1n) is 11.0. The minimum absolute atomic E-state index is 0.274. The van der Waals surface area contributed by atoms with Crippen LogP contribution >= 0.6 is 0 Å². The Balaban J connectivity index is 1.50. The van der Waals surface area contributed by atoms with Gasteiger partial charge < -0.3 is 5.32 Å². The number of rotatable bonds is 5. The van der Waals surface area contributed by atoms with E-state index in [4.69, 9.17) is 5.14 Å². The van der Waals surface area contributed by atoms with Crippen molar-refractivity contribution in [1.29, 1.82) is 0 Å². The number of anilines is 1. The van der Waals surface area contributed by atoms with Gasteiger partial charge in [0, 0.05) is 39.7 Å². The summed E-state index contributed by atoms with van der Waals surface area (Å²) in [6.45, 7) is 1.71. The molecular formula is C27H22FN5O2S. The van der Waals surface area contributed by atoms with Crippen molar-refractivity contribution in [1.82, 2.24) is 14.4 Å². The molecule has 1 unspecified atom stereocenters. The predicted molar refractivity (Wildman–Crippen MR) is 141 cm³/mol. The molecule has 2 aromatic carbocycles. The Morgan fingerprint density at radius 1 is 1.06 bits per heavy atom. The standard InChI is InChI=1S/C27H22FN5O2S/c1-17-14-18(5-11-23(17)28)26-22(4-3-13-30-26)19-6-12-25-31-15-24(33(25)16-19)27(34)32-20-7-9-21(10-8-20)36(2,29)35/h3-16H,2H2,1H3,(H2,29,35)(H,32,34). The topological polar surface area (TPSA) is 102 Å². The minimum Gasteiger partial charge on any atom is -0.321 e. The summed E-state index contributed by atoms with van der Waals surface area (Å²) >= 11 is 0. The van der Waals surface area contributed by atoms with E-state index in [0.29, 0.717) is 33.2 Å². The molecule has 0 saturated heterocycles. The molecule has 0 saturated carbocycles. The number of nitrogens with one attached hydrogen (secondary N) is 1. The number of nitrogens with two attached hydrogens (primary N) is 1. The van der Waals surface area contributed by atoms with Crippen LogP contribution in [0.4, 0.5) is 10.1 Å². The van der Waals surface area contributed by atoms with Gasteiger partial charge in [0.05, 0.1) is 21.6 Å². The van der Waals surface area contributed by atoms with Crippen LogP contribution in [0.2, 0.25) is 0 Å². The van der Waals surface area contributed by atoms with E-state index in [-0.39, 0.29) is 11.7 Å². The molecule has 36 heavy (non-hydrogen) atoms. The van der Waals surface area contributed by atoms with Crippen molar-refractivity contribution in [2.75, 3.05) is 5.32 Å². The largest absolute Gasteiger partial charge is 0.321 e. The van der Waals surface area contributed by atoms with E-state index >= 15 is 0 Å². The Morgan fingerprint density at radius 3 is 2.53 bits per heavy atom. The molecule has 0 aliphatic heterocycles. The Bertz CT molecular complexity index is 1730. The maximum absolute atomic E-state index is 13.8. The number of pyridine rings is 2. The minimum atomic E-state index is -2.83. The third-order valence-corrected chi connectivity index (χ3v) is 6.87. The Hall–Kier alpha value is -4.34. The first kappa shape index (κ1) is 23.4. The van der Waals surface area contributed by atoms with Crippen LogP contribution in [0.5, 0.6) is 0 Å². The molecule has 0 bridgehead atoms. The summed E-state index contributed by atoms with van der Waals surface area (Å²) < 4.78 is 27.4. The lowest BCUT2D eigenvalue weighted by Gasteiger charge is -2.11. The van der Waals surface area contributed by atoms with Crippen LogP contribution in [-0.2, 0) is 9.71 Å². The number of aryl methyl sites for hydroxylation is 1. The summed E-state index contributed by atoms with van der Waals surface area (Å²) in [5.41, 5.74) is 5.12. The number of carbonyl (C=O) groups is 1. The predicted octanol–water partition coefficient (Wildman–Crippen LogP) is 4.71. The van der Waals surface area contributed by atoms with E-state index in [1.54, 1.807) is 53.9 Å². The number of benzene rings is 2. The van der Waals surface area contributed by atoms with Crippen LogP contribution in [0.15, 0.2) is 90.2 Å². The van der Waals surface area contributed by atoms with Gasteiger partial charge in [-0.2, -0.15) is 0 Å². The van der Waals surface area contributed by atoms with Crippen LogP contribution in [0.1, 0.15) is 16.1 Å². The van der Waals surface area contributed by atoms with Crippen LogP contribution in [-0.4, -0.2) is 30.4 Å². The van der Waals surface area contributed by atoms with Crippen molar-refractivity contribution >= 4 is 32.8 Å². The van der Waals surface area contributed by atoms with Crippen molar-refractivity contribution in [2.24, 2.45) is 5.14 Å². The smallest absolute Gasteiger partial charge is 0.274 e. The second-order valence-electron chi connectivity index (χ2n) is 8.36. The van der Waals surface area contributed by atoms with Crippen molar-refractivity contribution in [2.45, 2.75) is 11.8 Å². The number of hydrogen-bond acceptors (Lipinski definition) is 4. The number of carbonyl (C=O) groups excluding carboxylic acids is 1. The third-order valence-electron chi connectivity index (χ3n) is 5.80. The zero-order valence-corrected chi connectivity index (χ0v) is 20.1. The van der Waals surface area contributed by atoms with Gasteiger partial charge in [0.25, 0.3) is 5.91 Å². The van der Waals surface area contributed by atoms with Crippen LogP contribution in [0.3, 0.4) is 0 Å². The van der Waals surface area contributed by atoms with E-state index in [1.807, 2.05) is 30.5 Å². The van der Waals surface area contributed by atoms with Crippen LogP contribution in [0, 0.1) is 12.7 Å². The average Bonchev–Trinajstić information content (AvgIpc) is 3.29. The molecule has 3 N–H and O–H groups in total. The highest BCUT2D eigenvalue weighted by Gasteiger charge is 2.16. The summed E-state index contributed by atoms with van der Waals surface area (Å²) in [4.78, 5) is 22.3. The SMILES string of the molecule is C=S(N)(=O)c1ccc(NC(=O)c2cnc3ccc(-c4cccnc4-c4ccc(F)c(C)c4)cn23)cc1. The molecule has 0 aliphatic carbocycles. The number of nitrogens with zero attached hydrogens (tertiary/aromatic N) is 3. The number of hydrogen-bond donors (Lipinski definition) is 2. The second-order valence-corrected chi connectivity index (χ2v) is 10.3. The van der Waals surface area contributed by atoms with Crippen LogP contribution in [0.25, 0.3) is 28.0 Å². The molecule has 1 atom stereocenters. The zero-order valence-electron chi connectivity index (χ0n) is 19.3. The molecule has 0 spiro atoms. The van der Waals surface area contributed by atoms with Crippen molar-refractivity contribution < 1.29 is 13.4 Å². The van der Waals surface area contributed by atoms with Gasteiger partial charge in [0.2, 0.25) is 0 Å². The quantitative estimate of drug-likeness (QED) is 0.342. The maximum Gasteiger partial charge on any atom is 0.274 e. The van der Waals surface area contributed by atoms with Gasteiger partial charge in [0.1, 0.15) is 17.2 Å². The van der Waals surface area contributed by atoms with Crippen molar-refractivity contribution in [3.63, 3.8) is 0 Å². The van der Waals surface area contributed by atoms with Crippen molar-refractivity contribution in [3.05, 3.63) is 102 Å². The zero-order chi connectivity index (χ0) is 25.4. The lowest BCUT2D eigenvalue weighted by atomic mass is 9.99. The Labute approximate surface area is 207 Å². The normalized spacial score (nSPS) is 12.9. The van der Waals surface area contributed by atoms with Crippen LogP contribution < -0.4 is 10.5 Å². The van der Waals surface area contributed by atoms with E-state index < -0.39 is 9.71 Å². The molecule has 180 valence electrons. The fourth-order valence-corrected chi connectivity index (χ4v) is 4.53. The highest BCUT2D eigenvalue weighted by Crippen LogP contribution is 2.31. The molecule has 5 aromatic rings. The number of imidazole rings is 1. The number of fused-ring (bicyclic) bond motifs is 1.